The van der Waals surface area contributed by atoms with Gasteiger partial charge in [-0.2, -0.15) is 0 Å². The molecule has 0 unspecified atom stereocenters. The number of nitrogens with zero attached hydrogens (tertiary/aromatic N) is 3. The number of nitrogens with one attached hydrogen (secondary N) is 1. The summed E-state index contributed by atoms with van der Waals surface area (Å²) in [6.07, 6.45) is 2.69. The van der Waals surface area contributed by atoms with Gasteiger partial charge in [0.2, 0.25) is 5.91 Å². The van der Waals surface area contributed by atoms with Crippen molar-refractivity contribution in [3.8, 4) is 0 Å². The number of thiazole rings is 1. The zero-order chi connectivity index (χ0) is 14.2. The molecule has 0 bridgehead atoms. The summed E-state index contributed by atoms with van der Waals surface area (Å²) < 4.78 is 4.95. The molecule has 1 aromatic rings. The van der Waals surface area contributed by atoms with Gasteiger partial charge in [-0.05, 0) is 6.42 Å². The standard InChI is InChI=1S/C13H22N4O2S/c1-19-9-2-3-14-12(18)11-16-5-7-17(8-6-16)13-15-4-10-20-13/h4,10H,2-3,5-9,11H2,1H3,(H,14,18). The predicted octanol–water partition coefficient (Wildman–Crippen LogP) is 0.418. The molecule has 1 fully saturated rings. The molecule has 7 heteroatoms. The number of hydrogen-bond donors (Lipinski definition) is 1. The van der Waals surface area contributed by atoms with Gasteiger partial charge in [0.1, 0.15) is 0 Å². The molecule has 0 aliphatic carbocycles. The van der Waals surface area contributed by atoms with Gasteiger partial charge in [0.05, 0.1) is 6.54 Å². The van der Waals surface area contributed by atoms with Crippen molar-refractivity contribution < 1.29 is 9.53 Å². The summed E-state index contributed by atoms with van der Waals surface area (Å²) >= 11 is 1.67. The molecule has 112 valence electrons. The molecule has 0 saturated carbocycles. The summed E-state index contributed by atoms with van der Waals surface area (Å²) in [5.41, 5.74) is 0. The highest BCUT2D eigenvalue weighted by molar-refractivity contribution is 7.13. The Hall–Kier alpha value is -1.18. The highest BCUT2D eigenvalue weighted by Crippen LogP contribution is 2.18. The second-order valence-electron chi connectivity index (χ2n) is 4.77. The Morgan fingerprint density at radius 1 is 1.45 bits per heavy atom. The van der Waals surface area contributed by atoms with E-state index in [0.29, 0.717) is 19.7 Å². The number of anilines is 1. The van der Waals surface area contributed by atoms with E-state index in [0.717, 1.165) is 37.7 Å². The number of carbonyl (C=O) groups excluding carboxylic acids is 1. The third-order valence-electron chi connectivity index (χ3n) is 3.28. The number of ether oxygens (including phenoxy) is 1. The lowest BCUT2D eigenvalue weighted by atomic mass is 10.3. The largest absolute Gasteiger partial charge is 0.385 e. The summed E-state index contributed by atoms with van der Waals surface area (Å²) in [7, 11) is 1.67. The van der Waals surface area contributed by atoms with Crippen LogP contribution in [0.5, 0.6) is 0 Å². The third-order valence-corrected chi connectivity index (χ3v) is 4.11. The molecule has 1 N–H and O–H groups in total. The molecule has 20 heavy (non-hydrogen) atoms. The number of rotatable bonds is 7. The van der Waals surface area contributed by atoms with Crippen LogP contribution in [0.25, 0.3) is 0 Å². The van der Waals surface area contributed by atoms with Crippen molar-refractivity contribution >= 4 is 22.4 Å². The van der Waals surface area contributed by atoms with Crippen molar-refractivity contribution in [2.24, 2.45) is 0 Å². The monoisotopic (exact) mass is 298 g/mol. The van der Waals surface area contributed by atoms with Crippen molar-refractivity contribution in [3.05, 3.63) is 11.6 Å². The van der Waals surface area contributed by atoms with Crippen molar-refractivity contribution in [2.45, 2.75) is 6.42 Å². The molecule has 1 saturated heterocycles. The van der Waals surface area contributed by atoms with E-state index in [1.807, 2.05) is 11.6 Å². The fraction of sp³-hybridized carbons (Fsp3) is 0.692. The quantitative estimate of drug-likeness (QED) is 0.739. The minimum absolute atomic E-state index is 0.101. The summed E-state index contributed by atoms with van der Waals surface area (Å²) in [6.45, 7) is 5.54. The van der Waals surface area contributed by atoms with Crippen LogP contribution in [0.3, 0.4) is 0 Å². The minimum atomic E-state index is 0.101. The van der Waals surface area contributed by atoms with Crippen LogP contribution in [0, 0.1) is 0 Å². The summed E-state index contributed by atoms with van der Waals surface area (Å²) in [4.78, 5) is 20.6. The Bertz CT molecular complexity index is 391. The van der Waals surface area contributed by atoms with Crippen molar-refractivity contribution in [2.75, 3.05) is 57.9 Å². The molecule has 0 radical (unpaired) electrons. The Morgan fingerprint density at radius 2 is 2.25 bits per heavy atom. The van der Waals surface area contributed by atoms with Crippen LogP contribution in [-0.4, -0.2) is 68.8 Å². The molecule has 6 nitrogen and oxygen atoms in total. The number of carbonyl (C=O) groups is 1. The second kappa shape index (κ2) is 8.18. The normalized spacial score (nSPS) is 16.4. The maximum atomic E-state index is 11.8. The van der Waals surface area contributed by atoms with Crippen molar-refractivity contribution in [1.29, 1.82) is 0 Å². The third kappa shape index (κ3) is 4.73. The van der Waals surface area contributed by atoms with Crippen molar-refractivity contribution in [1.82, 2.24) is 15.2 Å². The van der Waals surface area contributed by atoms with Gasteiger partial charge in [0.15, 0.2) is 5.13 Å². The Morgan fingerprint density at radius 3 is 2.90 bits per heavy atom. The van der Waals surface area contributed by atoms with Gasteiger partial charge in [-0.15, -0.1) is 11.3 Å². The maximum absolute atomic E-state index is 11.8. The number of methoxy groups -OCH3 is 1. The van der Waals surface area contributed by atoms with Crippen LogP contribution < -0.4 is 10.2 Å². The topological polar surface area (TPSA) is 57.7 Å². The molecule has 2 heterocycles. The maximum Gasteiger partial charge on any atom is 0.234 e. The van der Waals surface area contributed by atoms with Crippen LogP contribution in [0.2, 0.25) is 0 Å². The summed E-state index contributed by atoms with van der Waals surface area (Å²) in [5.74, 6) is 0.101. The van der Waals surface area contributed by atoms with E-state index >= 15 is 0 Å². The van der Waals surface area contributed by atoms with Gasteiger partial charge in [-0.3, -0.25) is 9.69 Å². The van der Waals surface area contributed by atoms with Gasteiger partial charge in [0, 0.05) is 58.0 Å². The van der Waals surface area contributed by atoms with Gasteiger partial charge >= 0.3 is 0 Å². The van der Waals surface area contributed by atoms with E-state index in [2.05, 4.69) is 20.1 Å². The van der Waals surface area contributed by atoms with E-state index < -0.39 is 0 Å². The molecule has 0 atom stereocenters. The Balaban J connectivity index is 1.63. The van der Waals surface area contributed by atoms with E-state index in [1.54, 1.807) is 18.4 Å². The number of piperazine rings is 1. The predicted molar refractivity (Wildman–Crippen MR) is 80.3 cm³/mol. The average molecular weight is 298 g/mol. The lowest BCUT2D eigenvalue weighted by Gasteiger charge is -2.34. The van der Waals surface area contributed by atoms with E-state index in [9.17, 15) is 4.79 Å². The second-order valence-corrected chi connectivity index (χ2v) is 5.65. The molecule has 1 aliphatic rings. The van der Waals surface area contributed by atoms with Crippen LogP contribution in [0.1, 0.15) is 6.42 Å². The molecular formula is C13H22N4O2S. The first-order valence-corrected chi connectivity index (χ1v) is 7.80. The Labute approximate surface area is 123 Å². The molecule has 2 rings (SSSR count). The molecule has 0 aromatic carbocycles. The molecule has 1 amide bonds. The zero-order valence-corrected chi connectivity index (χ0v) is 12.7. The minimum Gasteiger partial charge on any atom is -0.385 e. The average Bonchev–Trinajstić information content (AvgIpc) is 2.99. The highest BCUT2D eigenvalue weighted by Gasteiger charge is 2.20. The molecule has 1 aromatic heterocycles. The lowest BCUT2D eigenvalue weighted by molar-refractivity contribution is -0.122. The molecular weight excluding hydrogens is 276 g/mol. The van der Waals surface area contributed by atoms with Crippen LogP contribution in [0.15, 0.2) is 11.6 Å². The van der Waals surface area contributed by atoms with Crippen LogP contribution in [0.4, 0.5) is 5.13 Å². The first-order valence-electron chi connectivity index (χ1n) is 6.92. The highest BCUT2D eigenvalue weighted by atomic mass is 32.1. The van der Waals surface area contributed by atoms with Crippen LogP contribution >= 0.6 is 11.3 Å². The smallest absolute Gasteiger partial charge is 0.234 e. The fourth-order valence-corrected chi connectivity index (χ4v) is 2.87. The summed E-state index contributed by atoms with van der Waals surface area (Å²) in [5, 5.41) is 5.99. The van der Waals surface area contributed by atoms with Gasteiger partial charge < -0.3 is 15.0 Å². The SMILES string of the molecule is COCCCNC(=O)CN1CCN(c2nccs2)CC1. The van der Waals surface area contributed by atoms with E-state index in [-0.39, 0.29) is 5.91 Å². The number of hydrogen-bond acceptors (Lipinski definition) is 6. The van der Waals surface area contributed by atoms with Crippen molar-refractivity contribution in [3.63, 3.8) is 0 Å². The van der Waals surface area contributed by atoms with Crippen LogP contribution in [-0.2, 0) is 9.53 Å². The number of aromatic nitrogens is 1. The molecule has 1 aliphatic heterocycles. The first kappa shape index (κ1) is 15.2. The zero-order valence-electron chi connectivity index (χ0n) is 11.9. The molecule has 0 spiro atoms. The van der Waals surface area contributed by atoms with Gasteiger partial charge in [-0.25, -0.2) is 4.98 Å². The fourth-order valence-electron chi connectivity index (χ4n) is 2.17. The summed E-state index contributed by atoms with van der Waals surface area (Å²) in [6, 6.07) is 0. The van der Waals surface area contributed by atoms with E-state index in [4.69, 9.17) is 4.74 Å². The Kier molecular flexibility index (Phi) is 6.23. The van der Waals surface area contributed by atoms with Gasteiger partial charge in [-0.1, -0.05) is 0 Å². The first-order chi connectivity index (χ1) is 9.79. The van der Waals surface area contributed by atoms with Gasteiger partial charge in [0.25, 0.3) is 0 Å². The van der Waals surface area contributed by atoms with E-state index in [1.165, 1.54) is 0 Å². The lowest BCUT2D eigenvalue weighted by Crippen LogP contribution is -2.49. The number of amides is 1.